The molecule has 1 aromatic heterocycles. The van der Waals surface area contributed by atoms with E-state index in [0.29, 0.717) is 25.2 Å². The van der Waals surface area contributed by atoms with E-state index in [-0.39, 0.29) is 18.2 Å². The molecule has 0 aliphatic carbocycles. The number of rotatable bonds is 5. The van der Waals surface area contributed by atoms with E-state index in [0.717, 1.165) is 29.1 Å². The Morgan fingerprint density at radius 2 is 2.07 bits per heavy atom. The van der Waals surface area contributed by atoms with Crippen LogP contribution in [0.3, 0.4) is 0 Å². The van der Waals surface area contributed by atoms with Crippen molar-refractivity contribution >= 4 is 21.6 Å². The van der Waals surface area contributed by atoms with Crippen molar-refractivity contribution in [2.75, 3.05) is 24.7 Å². The molecule has 29 heavy (non-hydrogen) atoms. The lowest BCUT2D eigenvalue weighted by molar-refractivity contribution is -0.117. The number of nitrogens with zero attached hydrogens (tertiary/aromatic N) is 4. The third-order valence-electron chi connectivity index (χ3n) is 4.79. The van der Waals surface area contributed by atoms with Crippen molar-refractivity contribution in [2.24, 2.45) is 7.05 Å². The molecule has 0 bridgehead atoms. The molecular formula is C17H21F2N5O4S. The molecule has 0 spiro atoms. The van der Waals surface area contributed by atoms with Gasteiger partial charge in [-0.1, -0.05) is 0 Å². The van der Waals surface area contributed by atoms with E-state index < -0.39 is 39.8 Å². The fourth-order valence-electron chi connectivity index (χ4n) is 3.34. The average molecular weight is 429 g/mol. The molecule has 12 heteroatoms. The third kappa shape index (κ3) is 4.70. The molecule has 0 radical (unpaired) electrons. The third-order valence-corrected chi connectivity index (χ3v) is 6.06. The van der Waals surface area contributed by atoms with Crippen LogP contribution in [-0.2, 0) is 28.4 Å². The fourth-order valence-corrected chi connectivity index (χ4v) is 4.25. The van der Waals surface area contributed by atoms with Gasteiger partial charge in [-0.3, -0.25) is 9.36 Å². The summed E-state index contributed by atoms with van der Waals surface area (Å²) in [5.74, 6) is -2.19. The summed E-state index contributed by atoms with van der Waals surface area (Å²) in [6.45, 7) is 0.112. The number of halogens is 2. The maximum absolute atomic E-state index is 13.7. The van der Waals surface area contributed by atoms with Crippen LogP contribution >= 0.6 is 0 Å². The average Bonchev–Trinajstić information content (AvgIpc) is 2.92. The minimum atomic E-state index is -3.36. The van der Waals surface area contributed by atoms with Gasteiger partial charge in [-0.25, -0.2) is 31.0 Å². The standard InChI is InChI=1S/C17H21F2N5O4S/c1-22-16(11-4-3-7-23(9-11)29(2,27)28)21-24(17(22)26)10-15(25)20-14-8-12(18)5-6-13(14)19/h5-6,8,11H,3-4,7,9-10H2,1-2H3,(H,20,25). The van der Waals surface area contributed by atoms with Crippen LogP contribution in [0.15, 0.2) is 23.0 Å². The molecule has 1 atom stereocenters. The molecule has 1 unspecified atom stereocenters. The lowest BCUT2D eigenvalue weighted by Gasteiger charge is -2.30. The van der Waals surface area contributed by atoms with Gasteiger partial charge in [0.15, 0.2) is 0 Å². The topological polar surface area (TPSA) is 106 Å². The first kappa shape index (κ1) is 21.1. The number of piperidine rings is 1. The Kier molecular flexibility index (Phi) is 5.85. The van der Waals surface area contributed by atoms with Gasteiger partial charge in [0.2, 0.25) is 15.9 Å². The van der Waals surface area contributed by atoms with Gasteiger partial charge in [0.1, 0.15) is 24.0 Å². The highest BCUT2D eigenvalue weighted by atomic mass is 32.2. The predicted octanol–water partition coefficient (Wildman–Crippen LogP) is 0.638. The number of anilines is 1. The van der Waals surface area contributed by atoms with Crippen molar-refractivity contribution in [1.29, 1.82) is 0 Å². The number of nitrogens with one attached hydrogen (secondary N) is 1. The maximum Gasteiger partial charge on any atom is 0.346 e. The second-order valence-corrected chi connectivity index (χ2v) is 8.97. The van der Waals surface area contributed by atoms with Crippen LogP contribution in [0.1, 0.15) is 24.6 Å². The predicted molar refractivity (Wildman–Crippen MR) is 101 cm³/mol. The van der Waals surface area contributed by atoms with Crippen molar-refractivity contribution in [1.82, 2.24) is 18.7 Å². The van der Waals surface area contributed by atoms with E-state index in [1.807, 2.05) is 0 Å². The molecule has 2 heterocycles. The zero-order valence-corrected chi connectivity index (χ0v) is 16.7. The number of amides is 1. The Balaban J connectivity index is 1.77. The number of hydrogen-bond donors (Lipinski definition) is 1. The molecular weight excluding hydrogens is 408 g/mol. The van der Waals surface area contributed by atoms with Crippen LogP contribution in [0, 0.1) is 11.6 Å². The number of benzene rings is 1. The first-order chi connectivity index (χ1) is 13.6. The maximum atomic E-state index is 13.7. The minimum Gasteiger partial charge on any atom is -0.322 e. The minimum absolute atomic E-state index is 0.198. The number of hydrogen-bond acceptors (Lipinski definition) is 5. The summed E-state index contributed by atoms with van der Waals surface area (Å²) in [7, 11) is -1.87. The van der Waals surface area contributed by atoms with Crippen molar-refractivity contribution in [3.05, 3.63) is 46.1 Å². The van der Waals surface area contributed by atoms with E-state index in [1.165, 1.54) is 15.9 Å². The summed E-state index contributed by atoms with van der Waals surface area (Å²) < 4.78 is 54.0. The highest BCUT2D eigenvalue weighted by molar-refractivity contribution is 7.88. The van der Waals surface area contributed by atoms with Crippen molar-refractivity contribution in [2.45, 2.75) is 25.3 Å². The van der Waals surface area contributed by atoms with Crippen LogP contribution in [0.25, 0.3) is 0 Å². The number of aromatic nitrogens is 3. The molecule has 1 aliphatic rings. The molecule has 158 valence electrons. The van der Waals surface area contributed by atoms with Crippen LogP contribution in [0.4, 0.5) is 14.5 Å². The van der Waals surface area contributed by atoms with Gasteiger partial charge in [0, 0.05) is 32.1 Å². The molecule has 3 rings (SSSR count). The van der Waals surface area contributed by atoms with Gasteiger partial charge in [-0.05, 0) is 25.0 Å². The summed E-state index contributed by atoms with van der Waals surface area (Å²) in [4.78, 5) is 24.6. The van der Waals surface area contributed by atoms with E-state index in [2.05, 4.69) is 10.4 Å². The molecule has 9 nitrogen and oxygen atoms in total. The summed E-state index contributed by atoms with van der Waals surface area (Å²) >= 11 is 0. The Bertz CT molecular complexity index is 1100. The molecule has 1 amide bonds. The first-order valence-corrected chi connectivity index (χ1v) is 10.7. The van der Waals surface area contributed by atoms with E-state index in [4.69, 9.17) is 0 Å². The second-order valence-electron chi connectivity index (χ2n) is 6.99. The second kappa shape index (κ2) is 8.03. The summed E-state index contributed by atoms with van der Waals surface area (Å²) in [6, 6.07) is 2.64. The number of carbonyl (C=O) groups excluding carboxylic acids is 1. The molecule has 1 aliphatic heterocycles. The molecule has 1 N–H and O–H groups in total. The monoisotopic (exact) mass is 429 g/mol. The SMILES string of the molecule is Cn1c(C2CCCN(S(C)(=O)=O)C2)nn(CC(=O)Nc2cc(F)ccc2F)c1=O. The van der Waals surface area contributed by atoms with Crippen molar-refractivity contribution in [3.63, 3.8) is 0 Å². The lowest BCUT2D eigenvalue weighted by atomic mass is 9.99. The van der Waals surface area contributed by atoms with Gasteiger partial charge in [0.05, 0.1) is 11.9 Å². The van der Waals surface area contributed by atoms with Gasteiger partial charge in [0.25, 0.3) is 0 Å². The fraction of sp³-hybridized carbons (Fsp3) is 0.471. The number of carbonyl (C=O) groups is 1. The van der Waals surface area contributed by atoms with Crippen LogP contribution in [-0.4, -0.2) is 52.3 Å². The Labute approximate surface area is 166 Å². The Morgan fingerprint density at radius 3 is 2.76 bits per heavy atom. The highest BCUT2D eigenvalue weighted by Gasteiger charge is 2.30. The van der Waals surface area contributed by atoms with E-state index in [1.54, 1.807) is 0 Å². The van der Waals surface area contributed by atoms with Gasteiger partial charge < -0.3 is 5.32 Å². The van der Waals surface area contributed by atoms with Gasteiger partial charge >= 0.3 is 5.69 Å². The van der Waals surface area contributed by atoms with Crippen molar-refractivity contribution in [3.8, 4) is 0 Å². The summed E-state index contributed by atoms with van der Waals surface area (Å²) in [6.07, 6.45) is 2.40. The molecule has 1 aromatic carbocycles. The highest BCUT2D eigenvalue weighted by Crippen LogP contribution is 2.26. The lowest BCUT2D eigenvalue weighted by Crippen LogP contribution is -2.39. The zero-order valence-electron chi connectivity index (χ0n) is 15.9. The smallest absolute Gasteiger partial charge is 0.322 e. The molecule has 1 fully saturated rings. The summed E-state index contributed by atoms with van der Waals surface area (Å²) in [5.41, 5.74) is -0.901. The summed E-state index contributed by atoms with van der Waals surface area (Å²) in [5, 5.41) is 6.40. The number of sulfonamides is 1. The Hall–Kier alpha value is -2.60. The zero-order chi connectivity index (χ0) is 21.3. The molecule has 2 aromatic rings. The van der Waals surface area contributed by atoms with E-state index >= 15 is 0 Å². The normalized spacial score (nSPS) is 18.0. The van der Waals surface area contributed by atoms with Crippen molar-refractivity contribution < 1.29 is 22.0 Å². The van der Waals surface area contributed by atoms with Crippen LogP contribution in [0.5, 0.6) is 0 Å². The quantitative estimate of drug-likeness (QED) is 0.751. The first-order valence-electron chi connectivity index (χ1n) is 8.90. The Morgan fingerprint density at radius 1 is 1.34 bits per heavy atom. The molecule has 1 saturated heterocycles. The van der Waals surface area contributed by atoms with Gasteiger partial charge in [-0.15, -0.1) is 0 Å². The van der Waals surface area contributed by atoms with Crippen LogP contribution in [0.2, 0.25) is 0 Å². The largest absolute Gasteiger partial charge is 0.346 e. The van der Waals surface area contributed by atoms with Gasteiger partial charge in [-0.2, -0.15) is 5.10 Å². The van der Waals surface area contributed by atoms with Crippen LogP contribution < -0.4 is 11.0 Å². The molecule has 0 saturated carbocycles. The van der Waals surface area contributed by atoms with E-state index in [9.17, 15) is 26.8 Å².